The largest absolute Gasteiger partial charge is 0.461 e. The van der Waals surface area contributed by atoms with Gasteiger partial charge in [-0.2, -0.15) is 0 Å². The Morgan fingerprint density at radius 3 is 2.66 bits per heavy atom. The molecule has 4 aliphatic rings. The second-order valence-electron chi connectivity index (χ2n) is 8.33. The van der Waals surface area contributed by atoms with Crippen molar-refractivity contribution in [3.05, 3.63) is 24.3 Å². The van der Waals surface area contributed by atoms with Crippen LogP contribution in [0.5, 0.6) is 0 Å². The summed E-state index contributed by atoms with van der Waals surface area (Å²) in [6, 6.07) is -0.910. The summed E-state index contributed by atoms with van der Waals surface area (Å²) in [5.41, 5.74) is -2.30. The minimum atomic E-state index is -1.26. The van der Waals surface area contributed by atoms with Gasteiger partial charge in [-0.15, -0.1) is 0 Å². The molecule has 2 saturated heterocycles. The smallest absolute Gasteiger partial charge is 0.313 e. The van der Waals surface area contributed by atoms with Crippen molar-refractivity contribution < 1.29 is 29.0 Å². The van der Waals surface area contributed by atoms with Crippen LogP contribution in [0.3, 0.4) is 0 Å². The van der Waals surface area contributed by atoms with Crippen LogP contribution < -0.4 is 0 Å². The number of esters is 1. The summed E-state index contributed by atoms with van der Waals surface area (Å²) in [6.07, 6.45) is 8.94. The quantitative estimate of drug-likeness (QED) is 0.522. The molecule has 0 radical (unpaired) electrons. The number of amides is 2. The number of nitrogens with zero attached hydrogens (tertiary/aromatic N) is 2. The summed E-state index contributed by atoms with van der Waals surface area (Å²) in [7, 11) is 0. The van der Waals surface area contributed by atoms with E-state index in [9.17, 15) is 19.5 Å². The molecule has 4 heterocycles. The van der Waals surface area contributed by atoms with E-state index < -0.39 is 35.0 Å². The second kappa shape index (κ2) is 7.25. The standard InChI is InChI=1S/C21H28N2O6/c1-3-4-9-22-10-5-8-21-14(17(25)23(11-12-24)16(21)18(22)26)15-19(27)28-13-6-7-20(15,2)29-21/h5-8,14-16,24H,3-4,9-13H2,1-2H3/t14-,15+,16?,20-,21-/m0/s1. The average molecular weight is 404 g/mol. The highest BCUT2D eigenvalue weighted by Crippen LogP contribution is 2.57. The molecular formula is C21H28N2O6. The highest BCUT2D eigenvalue weighted by Gasteiger charge is 2.74. The first-order chi connectivity index (χ1) is 13.9. The van der Waals surface area contributed by atoms with Crippen LogP contribution in [0.2, 0.25) is 0 Å². The zero-order chi connectivity index (χ0) is 20.8. The molecule has 0 bridgehead atoms. The Labute approximate surface area is 170 Å². The first-order valence-corrected chi connectivity index (χ1v) is 10.3. The third-order valence-electron chi connectivity index (χ3n) is 6.52. The SMILES string of the molecule is CCCCN1CC=C[C@]23O[C@@]4(C)C=CCOC(=O)[C@H]4[C@H]2C(=O)N(CCO)C3C1=O. The van der Waals surface area contributed by atoms with E-state index in [2.05, 4.69) is 6.92 Å². The van der Waals surface area contributed by atoms with Crippen LogP contribution in [0.15, 0.2) is 24.3 Å². The molecule has 0 aromatic rings. The number of hydrogen-bond donors (Lipinski definition) is 1. The van der Waals surface area contributed by atoms with Crippen LogP contribution in [0.1, 0.15) is 26.7 Å². The van der Waals surface area contributed by atoms with E-state index in [1.165, 1.54) is 4.90 Å². The molecular weight excluding hydrogens is 376 g/mol. The van der Waals surface area contributed by atoms with Gasteiger partial charge in [0.1, 0.15) is 24.2 Å². The molecule has 5 atom stereocenters. The first-order valence-electron chi connectivity index (χ1n) is 10.3. The molecule has 0 aromatic carbocycles. The number of aliphatic hydroxyl groups is 1. The molecule has 4 rings (SSSR count). The number of carbonyl (C=O) groups excluding carboxylic acids is 3. The van der Waals surface area contributed by atoms with E-state index in [0.29, 0.717) is 13.1 Å². The third kappa shape index (κ3) is 2.84. The Morgan fingerprint density at radius 2 is 1.93 bits per heavy atom. The van der Waals surface area contributed by atoms with E-state index in [0.717, 1.165) is 12.8 Å². The van der Waals surface area contributed by atoms with E-state index in [1.54, 1.807) is 30.1 Å². The van der Waals surface area contributed by atoms with Gasteiger partial charge in [0.15, 0.2) is 0 Å². The topological polar surface area (TPSA) is 96.4 Å². The number of β-amino-alcohol motifs (C(OH)–C–C–N with tert-alkyl or cyclic N) is 1. The van der Waals surface area contributed by atoms with Crippen molar-refractivity contribution in [3.8, 4) is 0 Å². The van der Waals surface area contributed by atoms with E-state index >= 15 is 0 Å². The van der Waals surface area contributed by atoms with Crippen molar-refractivity contribution in [3.63, 3.8) is 0 Å². The molecule has 2 fully saturated rings. The molecule has 2 amide bonds. The molecule has 1 unspecified atom stereocenters. The predicted molar refractivity (Wildman–Crippen MR) is 103 cm³/mol. The zero-order valence-corrected chi connectivity index (χ0v) is 16.9. The van der Waals surface area contributed by atoms with Gasteiger partial charge in [0, 0.05) is 19.6 Å². The lowest BCUT2D eigenvalue weighted by atomic mass is 9.75. The highest BCUT2D eigenvalue weighted by atomic mass is 16.6. The number of cyclic esters (lactones) is 1. The monoisotopic (exact) mass is 404 g/mol. The van der Waals surface area contributed by atoms with Crippen molar-refractivity contribution in [1.82, 2.24) is 9.80 Å². The van der Waals surface area contributed by atoms with Crippen molar-refractivity contribution >= 4 is 17.8 Å². The van der Waals surface area contributed by atoms with Crippen molar-refractivity contribution in [2.75, 3.05) is 32.8 Å². The van der Waals surface area contributed by atoms with Gasteiger partial charge in [0.2, 0.25) is 11.8 Å². The lowest BCUT2D eigenvalue weighted by molar-refractivity contribution is -0.158. The maximum absolute atomic E-state index is 13.6. The average Bonchev–Trinajstić information content (AvgIpc) is 2.93. The first kappa shape index (κ1) is 20.1. The zero-order valence-electron chi connectivity index (χ0n) is 16.9. The Balaban J connectivity index is 1.82. The molecule has 0 aromatic heterocycles. The molecule has 0 aliphatic carbocycles. The highest BCUT2D eigenvalue weighted by molar-refractivity contribution is 5.99. The third-order valence-corrected chi connectivity index (χ3v) is 6.52. The van der Waals surface area contributed by atoms with Gasteiger partial charge in [0.05, 0.1) is 18.1 Å². The fourth-order valence-electron chi connectivity index (χ4n) is 5.30. The van der Waals surface area contributed by atoms with Gasteiger partial charge in [-0.05, 0) is 19.4 Å². The van der Waals surface area contributed by atoms with Gasteiger partial charge in [-0.25, -0.2) is 0 Å². The summed E-state index contributed by atoms with van der Waals surface area (Å²) in [5, 5.41) is 9.56. The molecule has 1 N–H and O–H groups in total. The van der Waals surface area contributed by atoms with E-state index in [1.807, 2.05) is 6.08 Å². The Hall–Kier alpha value is -2.19. The summed E-state index contributed by atoms with van der Waals surface area (Å²) >= 11 is 0. The summed E-state index contributed by atoms with van der Waals surface area (Å²) in [5.74, 6) is -2.76. The fraction of sp³-hybridized carbons (Fsp3) is 0.667. The summed E-state index contributed by atoms with van der Waals surface area (Å²) < 4.78 is 11.8. The lowest BCUT2D eigenvalue weighted by Gasteiger charge is -2.37. The van der Waals surface area contributed by atoms with Crippen LogP contribution in [-0.4, -0.2) is 82.8 Å². The molecule has 0 saturated carbocycles. The van der Waals surface area contributed by atoms with Crippen LogP contribution in [0.4, 0.5) is 0 Å². The summed E-state index contributed by atoms with van der Waals surface area (Å²) in [6.45, 7) is 4.71. The second-order valence-corrected chi connectivity index (χ2v) is 8.33. The maximum atomic E-state index is 13.6. The molecule has 8 heteroatoms. The van der Waals surface area contributed by atoms with Crippen molar-refractivity contribution in [1.29, 1.82) is 0 Å². The van der Waals surface area contributed by atoms with Gasteiger partial charge in [0.25, 0.3) is 0 Å². The number of fused-ring (bicyclic) bond motifs is 2. The van der Waals surface area contributed by atoms with E-state index in [4.69, 9.17) is 9.47 Å². The molecule has 4 aliphatic heterocycles. The van der Waals surface area contributed by atoms with Crippen LogP contribution in [-0.2, 0) is 23.9 Å². The minimum Gasteiger partial charge on any atom is -0.461 e. The Kier molecular flexibility index (Phi) is 5.02. The fourth-order valence-corrected chi connectivity index (χ4v) is 5.30. The number of rotatable bonds is 5. The molecule has 29 heavy (non-hydrogen) atoms. The molecule has 1 spiro atoms. The number of ether oxygens (including phenoxy) is 2. The van der Waals surface area contributed by atoms with Gasteiger partial charge in [-0.1, -0.05) is 31.6 Å². The number of aliphatic hydroxyl groups excluding tert-OH is 1. The Morgan fingerprint density at radius 1 is 1.14 bits per heavy atom. The summed E-state index contributed by atoms with van der Waals surface area (Å²) in [4.78, 5) is 43.0. The van der Waals surface area contributed by atoms with Crippen LogP contribution >= 0.6 is 0 Å². The lowest BCUT2D eigenvalue weighted by Crippen LogP contribution is -2.56. The number of likely N-dealkylation sites (tertiary alicyclic amines) is 1. The van der Waals surface area contributed by atoms with Crippen molar-refractivity contribution in [2.45, 2.75) is 43.9 Å². The number of unbranched alkanes of at least 4 members (excludes halogenated alkanes) is 1. The number of carbonyl (C=O) groups is 3. The normalized spacial score (nSPS) is 38.4. The maximum Gasteiger partial charge on any atom is 0.313 e. The Bertz CT molecular complexity index is 779. The van der Waals surface area contributed by atoms with Crippen molar-refractivity contribution in [2.24, 2.45) is 11.8 Å². The van der Waals surface area contributed by atoms with Crippen LogP contribution in [0.25, 0.3) is 0 Å². The molecule has 158 valence electrons. The van der Waals surface area contributed by atoms with Gasteiger partial charge < -0.3 is 24.4 Å². The number of hydrogen-bond acceptors (Lipinski definition) is 6. The van der Waals surface area contributed by atoms with E-state index in [-0.39, 0.29) is 31.6 Å². The predicted octanol–water partition coefficient (Wildman–Crippen LogP) is 0.261. The van der Waals surface area contributed by atoms with Gasteiger partial charge in [-0.3, -0.25) is 14.4 Å². The molecule has 8 nitrogen and oxygen atoms in total. The minimum absolute atomic E-state index is 0.0145. The van der Waals surface area contributed by atoms with Crippen LogP contribution in [0, 0.1) is 11.8 Å². The van der Waals surface area contributed by atoms with Gasteiger partial charge >= 0.3 is 5.97 Å².